The molecule has 0 saturated carbocycles. The van der Waals surface area contributed by atoms with Gasteiger partial charge in [-0.25, -0.2) is 9.07 Å². The van der Waals surface area contributed by atoms with E-state index >= 15 is 0 Å². The lowest BCUT2D eigenvalue weighted by Crippen LogP contribution is -2.42. The van der Waals surface area contributed by atoms with Crippen molar-refractivity contribution >= 4 is 16.7 Å². The van der Waals surface area contributed by atoms with Crippen molar-refractivity contribution in [2.75, 3.05) is 13.1 Å². The second-order valence-electron chi connectivity index (χ2n) is 7.84. The van der Waals surface area contributed by atoms with Crippen molar-refractivity contribution < 1.29 is 13.7 Å². The summed E-state index contributed by atoms with van der Waals surface area (Å²) in [6.45, 7) is 0.864. The van der Waals surface area contributed by atoms with Crippen LogP contribution in [0.25, 0.3) is 22.2 Å². The van der Waals surface area contributed by atoms with E-state index in [0.717, 1.165) is 18.2 Å². The number of rotatable bonds is 4. The molecule has 8 nitrogen and oxygen atoms in total. The van der Waals surface area contributed by atoms with E-state index in [4.69, 9.17) is 4.52 Å². The van der Waals surface area contributed by atoms with Crippen LogP contribution in [0.2, 0.25) is 0 Å². The Morgan fingerprint density at radius 3 is 2.94 bits per heavy atom. The molecular formula is C23H20FN5O3. The maximum atomic E-state index is 13.5. The molecule has 1 saturated heterocycles. The molecule has 0 spiro atoms. The molecule has 1 amide bonds. The van der Waals surface area contributed by atoms with E-state index in [0.29, 0.717) is 35.8 Å². The number of halogens is 1. The zero-order chi connectivity index (χ0) is 22.1. The molecule has 9 heteroatoms. The second-order valence-corrected chi connectivity index (χ2v) is 7.84. The highest BCUT2D eigenvalue weighted by Gasteiger charge is 2.29. The molecule has 3 heterocycles. The van der Waals surface area contributed by atoms with E-state index in [-0.39, 0.29) is 29.7 Å². The third kappa shape index (κ3) is 3.89. The average Bonchev–Trinajstić information content (AvgIpc) is 3.32. The van der Waals surface area contributed by atoms with Crippen molar-refractivity contribution in [3.63, 3.8) is 0 Å². The molecule has 1 atom stereocenters. The summed E-state index contributed by atoms with van der Waals surface area (Å²) in [5, 5.41) is 9.39. The van der Waals surface area contributed by atoms with E-state index < -0.39 is 0 Å². The van der Waals surface area contributed by atoms with Crippen LogP contribution in [0.1, 0.15) is 24.7 Å². The number of aromatic nitrogens is 4. The Labute approximate surface area is 182 Å². The van der Waals surface area contributed by atoms with Crippen molar-refractivity contribution in [2.24, 2.45) is 0 Å². The van der Waals surface area contributed by atoms with Crippen LogP contribution in [0.3, 0.4) is 0 Å². The SMILES string of the molecule is O=C(Cn1ncc2ccccc2c1=O)N1CCCC(c2nc(-c3cccc(F)c3)no2)C1. The summed E-state index contributed by atoms with van der Waals surface area (Å²) in [5.74, 6) is 0.0479. The van der Waals surface area contributed by atoms with Gasteiger partial charge >= 0.3 is 0 Å². The van der Waals surface area contributed by atoms with E-state index in [1.807, 2.05) is 12.1 Å². The molecular weight excluding hydrogens is 413 g/mol. The Morgan fingerprint density at radius 2 is 2.06 bits per heavy atom. The summed E-state index contributed by atoms with van der Waals surface area (Å²) in [6.07, 6.45) is 3.16. The molecule has 4 aromatic rings. The van der Waals surface area contributed by atoms with Crippen molar-refractivity contribution in [3.05, 3.63) is 76.8 Å². The molecule has 0 N–H and O–H groups in total. The first-order valence-electron chi connectivity index (χ1n) is 10.4. The van der Waals surface area contributed by atoms with Gasteiger partial charge in [-0.2, -0.15) is 10.1 Å². The second kappa shape index (κ2) is 8.33. The summed E-state index contributed by atoms with van der Waals surface area (Å²) < 4.78 is 20.1. The molecule has 1 fully saturated rings. The van der Waals surface area contributed by atoms with Gasteiger partial charge in [-0.1, -0.05) is 35.5 Å². The molecule has 162 valence electrons. The number of hydrogen-bond donors (Lipinski definition) is 0. The summed E-state index contributed by atoms with van der Waals surface area (Å²) in [6, 6.07) is 13.2. The van der Waals surface area contributed by atoms with E-state index in [9.17, 15) is 14.0 Å². The van der Waals surface area contributed by atoms with Crippen molar-refractivity contribution in [1.82, 2.24) is 24.8 Å². The molecule has 2 aromatic heterocycles. The zero-order valence-corrected chi connectivity index (χ0v) is 17.1. The molecule has 1 unspecified atom stereocenters. The lowest BCUT2D eigenvalue weighted by atomic mass is 9.98. The molecule has 1 aliphatic heterocycles. The highest BCUT2D eigenvalue weighted by molar-refractivity contribution is 5.81. The van der Waals surface area contributed by atoms with Gasteiger partial charge in [-0.3, -0.25) is 9.59 Å². The number of carbonyl (C=O) groups excluding carboxylic acids is 1. The first-order chi connectivity index (χ1) is 15.6. The van der Waals surface area contributed by atoms with E-state index in [1.165, 1.54) is 16.8 Å². The van der Waals surface area contributed by atoms with Crippen molar-refractivity contribution in [1.29, 1.82) is 0 Å². The minimum atomic E-state index is -0.374. The zero-order valence-electron chi connectivity index (χ0n) is 17.1. The van der Waals surface area contributed by atoms with Gasteiger partial charge in [0.15, 0.2) is 0 Å². The van der Waals surface area contributed by atoms with Crippen LogP contribution in [0, 0.1) is 5.82 Å². The monoisotopic (exact) mass is 433 g/mol. The molecule has 0 bridgehead atoms. The highest BCUT2D eigenvalue weighted by atomic mass is 19.1. The van der Waals surface area contributed by atoms with Crippen LogP contribution in [-0.4, -0.2) is 43.8 Å². The number of hydrogen-bond acceptors (Lipinski definition) is 6. The van der Waals surface area contributed by atoms with Gasteiger partial charge in [0.25, 0.3) is 5.56 Å². The van der Waals surface area contributed by atoms with Gasteiger partial charge in [0.2, 0.25) is 17.6 Å². The lowest BCUT2D eigenvalue weighted by Gasteiger charge is -2.31. The quantitative estimate of drug-likeness (QED) is 0.491. The van der Waals surface area contributed by atoms with Crippen molar-refractivity contribution in [3.8, 4) is 11.4 Å². The van der Waals surface area contributed by atoms with Crippen molar-refractivity contribution in [2.45, 2.75) is 25.3 Å². The fourth-order valence-electron chi connectivity index (χ4n) is 4.02. The molecule has 5 rings (SSSR count). The first-order valence-corrected chi connectivity index (χ1v) is 10.4. The minimum Gasteiger partial charge on any atom is -0.340 e. The Bertz CT molecular complexity index is 1350. The normalized spacial score (nSPS) is 16.4. The number of likely N-dealkylation sites (tertiary alicyclic amines) is 1. The van der Waals surface area contributed by atoms with Gasteiger partial charge < -0.3 is 9.42 Å². The Hall–Kier alpha value is -3.88. The van der Waals surface area contributed by atoms with Gasteiger partial charge in [-0.05, 0) is 31.0 Å². The Balaban J connectivity index is 1.31. The fraction of sp³-hybridized carbons (Fsp3) is 0.261. The van der Waals surface area contributed by atoms with Gasteiger partial charge in [0.1, 0.15) is 12.4 Å². The summed E-state index contributed by atoms with van der Waals surface area (Å²) in [7, 11) is 0. The van der Waals surface area contributed by atoms with Crippen LogP contribution in [0.5, 0.6) is 0 Å². The van der Waals surface area contributed by atoms with Gasteiger partial charge in [0, 0.05) is 24.0 Å². The number of piperidine rings is 1. The van der Waals surface area contributed by atoms with Gasteiger partial charge in [0.05, 0.1) is 17.5 Å². The average molecular weight is 433 g/mol. The predicted molar refractivity (Wildman–Crippen MR) is 114 cm³/mol. The van der Waals surface area contributed by atoms with Crippen LogP contribution < -0.4 is 5.56 Å². The fourth-order valence-corrected chi connectivity index (χ4v) is 4.02. The number of nitrogens with zero attached hydrogens (tertiary/aromatic N) is 5. The largest absolute Gasteiger partial charge is 0.340 e. The third-order valence-electron chi connectivity index (χ3n) is 5.69. The Kier molecular flexibility index (Phi) is 5.22. The summed E-state index contributed by atoms with van der Waals surface area (Å²) in [5.41, 5.74) is 0.243. The number of fused-ring (bicyclic) bond motifs is 1. The van der Waals surface area contributed by atoms with Crippen LogP contribution in [-0.2, 0) is 11.3 Å². The standard InChI is InChI=1S/C23H20FN5O3/c24-18-8-3-6-15(11-18)21-26-22(32-27-21)17-7-4-10-28(13-17)20(30)14-29-23(31)19-9-2-1-5-16(19)12-25-29/h1-3,5-6,8-9,11-12,17H,4,7,10,13-14H2. The molecule has 0 aliphatic carbocycles. The summed E-state index contributed by atoms with van der Waals surface area (Å²) >= 11 is 0. The first kappa shape index (κ1) is 20.0. The number of benzene rings is 2. The van der Waals surface area contributed by atoms with E-state index in [1.54, 1.807) is 35.4 Å². The van der Waals surface area contributed by atoms with Crippen LogP contribution in [0.15, 0.2) is 64.0 Å². The molecule has 1 aliphatic rings. The molecule has 2 aromatic carbocycles. The topological polar surface area (TPSA) is 94.1 Å². The highest BCUT2D eigenvalue weighted by Crippen LogP contribution is 2.28. The predicted octanol–water partition coefficient (Wildman–Crippen LogP) is 2.99. The molecule has 0 radical (unpaired) electrons. The smallest absolute Gasteiger partial charge is 0.275 e. The maximum Gasteiger partial charge on any atom is 0.275 e. The minimum absolute atomic E-state index is 0.121. The maximum absolute atomic E-state index is 13.5. The van der Waals surface area contributed by atoms with Crippen LogP contribution in [0.4, 0.5) is 4.39 Å². The molecule has 32 heavy (non-hydrogen) atoms. The van der Waals surface area contributed by atoms with Gasteiger partial charge in [-0.15, -0.1) is 0 Å². The summed E-state index contributed by atoms with van der Waals surface area (Å²) in [4.78, 5) is 31.7. The third-order valence-corrected chi connectivity index (χ3v) is 5.69. The lowest BCUT2D eigenvalue weighted by molar-refractivity contribution is -0.133. The van der Waals surface area contributed by atoms with Crippen LogP contribution >= 0.6 is 0 Å². The Morgan fingerprint density at radius 1 is 1.19 bits per heavy atom. The van der Waals surface area contributed by atoms with E-state index in [2.05, 4.69) is 15.2 Å². The number of carbonyl (C=O) groups is 1. The number of amides is 1.